The molecule has 2 rings (SSSR count). The molecule has 0 spiro atoms. The van der Waals surface area contributed by atoms with Gasteiger partial charge >= 0.3 is 0 Å². The summed E-state index contributed by atoms with van der Waals surface area (Å²) in [5, 5.41) is 2.93. The van der Waals surface area contributed by atoms with Crippen LogP contribution in [0.4, 0.5) is 0 Å². The molecule has 1 aromatic heterocycles. The molecule has 1 atom stereocenters. The van der Waals surface area contributed by atoms with E-state index in [2.05, 4.69) is 29.0 Å². The van der Waals surface area contributed by atoms with Crippen molar-refractivity contribution < 1.29 is 4.79 Å². The lowest BCUT2D eigenvalue weighted by molar-refractivity contribution is 0.0922. The average Bonchev–Trinajstić information content (AvgIpc) is 2.92. The van der Waals surface area contributed by atoms with Gasteiger partial charge in [0.05, 0.1) is 0 Å². The van der Waals surface area contributed by atoms with Crippen molar-refractivity contribution >= 4 is 5.91 Å². The minimum Gasteiger partial charge on any atom is -0.349 e. The van der Waals surface area contributed by atoms with Crippen LogP contribution in [0.15, 0.2) is 23.0 Å². The molecule has 2 N–H and O–H groups in total. The maximum Gasteiger partial charge on any atom is 0.267 e. The van der Waals surface area contributed by atoms with E-state index in [0.29, 0.717) is 24.2 Å². The van der Waals surface area contributed by atoms with E-state index in [1.807, 2.05) is 0 Å². The molecule has 1 unspecified atom stereocenters. The van der Waals surface area contributed by atoms with Gasteiger partial charge in [-0.05, 0) is 37.9 Å². The molecule has 0 radical (unpaired) electrons. The highest BCUT2D eigenvalue weighted by Gasteiger charge is 2.25. The predicted octanol–water partition coefficient (Wildman–Crippen LogP) is 1.23. The highest BCUT2D eigenvalue weighted by atomic mass is 16.2. The molecule has 5 heteroatoms. The molecule has 0 bridgehead atoms. The average molecular weight is 277 g/mol. The number of pyridine rings is 1. The summed E-state index contributed by atoms with van der Waals surface area (Å²) < 4.78 is 0. The number of carbonyl (C=O) groups excluding carboxylic acids is 1. The molecule has 110 valence electrons. The van der Waals surface area contributed by atoms with Crippen molar-refractivity contribution in [1.82, 2.24) is 15.2 Å². The van der Waals surface area contributed by atoms with Gasteiger partial charge in [-0.15, -0.1) is 0 Å². The van der Waals surface area contributed by atoms with Gasteiger partial charge in [-0.3, -0.25) is 14.5 Å². The van der Waals surface area contributed by atoms with Crippen LogP contribution in [0.1, 0.15) is 37.2 Å². The molecule has 0 aliphatic carbocycles. The summed E-state index contributed by atoms with van der Waals surface area (Å²) >= 11 is 0. The summed E-state index contributed by atoms with van der Waals surface area (Å²) in [6, 6.07) is 4.97. The van der Waals surface area contributed by atoms with Gasteiger partial charge in [0.2, 0.25) is 5.56 Å². The number of aromatic amines is 1. The first-order valence-electron chi connectivity index (χ1n) is 7.29. The monoisotopic (exact) mass is 277 g/mol. The summed E-state index contributed by atoms with van der Waals surface area (Å²) in [6.07, 6.45) is 2.48. The van der Waals surface area contributed by atoms with Crippen molar-refractivity contribution in [1.29, 1.82) is 0 Å². The van der Waals surface area contributed by atoms with Gasteiger partial charge in [-0.25, -0.2) is 0 Å². The number of nitrogens with one attached hydrogen (secondary N) is 2. The van der Waals surface area contributed by atoms with E-state index in [-0.39, 0.29) is 11.5 Å². The van der Waals surface area contributed by atoms with Crippen molar-refractivity contribution in [3.8, 4) is 0 Å². The van der Waals surface area contributed by atoms with Crippen LogP contribution in [0.5, 0.6) is 0 Å². The summed E-state index contributed by atoms with van der Waals surface area (Å²) in [7, 11) is 0. The summed E-state index contributed by atoms with van der Waals surface area (Å²) in [6.45, 7) is 7.20. The van der Waals surface area contributed by atoms with E-state index >= 15 is 0 Å². The van der Waals surface area contributed by atoms with Gasteiger partial charge in [0, 0.05) is 18.7 Å². The lowest BCUT2D eigenvalue weighted by Crippen LogP contribution is -2.45. The Morgan fingerprint density at radius 3 is 2.65 bits per heavy atom. The van der Waals surface area contributed by atoms with Crippen molar-refractivity contribution in [3.05, 3.63) is 34.2 Å². The van der Waals surface area contributed by atoms with Gasteiger partial charge in [-0.1, -0.05) is 19.9 Å². The first-order chi connectivity index (χ1) is 9.58. The SMILES string of the molecule is CC(C)C(CNC(=O)c1cccc(=O)[nH]1)N1CCCC1. The van der Waals surface area contributed by atoms with Crippen LogP contribution in [0.2, 0.25) is 0 Å². The zero-order valence-electron chi connectivity index (χ0n) is 12.2. The molecule has 20 heavy (non-hydrogen) atoms. The lowest BCUT2D eigenvalue weighted by Gasteiger charge is -2.30. The Labute approximate surface area is 119 Å². The second-order valence-electron chi connectivity index (χ2n) is 5.69. The molecular formula is C15H23N3O2. The second kappa shape index (κ2) is 6.70. The number of hydrogen-bond acceptors (Lipinski definition) is 3. The molecule has 0 saturated carbocycles. The Hall–Kier alpha value is -1.62. The summed E-state index contributed by atoms with van der Waals surface area (Å²) in [5.74, 6) is 0.274. The van der Waals surface area contributed by atoms with Gasteiger partial charge in [0.15, 0.2) is 0 Å². The van der Waals surface area contributed by atoms with Crippen LogP contribution >= 0.6 is 0 Å². The van der Waals surface area contributed by atoms with Gasteiger partial charge in [0.1, 0.15) is 5.69 Å². The Balaban J connectivity index is 1.95. The first-order valence-corrected chi connectivity index (χ1v) is 7.29. The van der Waals surface area contributed by atoms with Crippen LogP contribution in [0.25, 0.3) is 0 Å². The molecule has 1 amide bonds. The largest absolute Gasteiger partial charge is 0.349 e. The molecule has 1 aliphatic rings. The standard InChI is InChI=1S/C15H23N3O2/c1-11(2)13(18-8-3-4-9-18)10-16-15(20)12-6-5-7-14(19)17-12/h5-7,11,13H,3-4,8-10H2,1-2H3,(H,16,20)(H,17,19). The second-order valence-corrected chi connectivity index (χ2v) is 5.69. The topological polar surface area (TPSA) is 65.2 Å². The van der Waals surface area contributed by atoms with Crippen LogP contribution in [0, 0.1) is 5.92 Å². The minimum atomic E-state index is -0.252. The zero-order chi connectivity index (χ0) is 14.5. The summed E-state index contributed by atoms with van der Waals surface area (Å²) in [5.41, 5.74) is 0.0685. The third-order valence-corrected chi connectivity index (χ3v) is 3.86. The van der Waals surface area contributed by atoms with Crippen LogP contribution in [-0.4, -0.2) is 41.5 Å². The lowest BCUT2D eigenvalue weighted by atomic mass is 10.0. The van der Waals surface area contributed by atoms with E-state index in [4.69, 9.17) is 0 Å². The molecule has 5 nitrogen and oxygen atoms in total. The van der Waals surface area contributed by atoms with Crippen molar-refractivity contribution in [2.24, 2.45) is 5.92 Å². The van der Waals surface area contributed by atoms with E-state index in [1.54, 1.807) is 12.1 Å². The Bertz CT molecular complexity index is 504. The number of H-pyrrole nitrogens is 1. The molecule has 1 aromatic rings. The molecule has 1 saturated heterocycles. The molecule has 1 aliphatic heterocycles. The Morgan fingerprint density at radius 1 is 1.35 bits per heavy atom. The number of hydrogen-bond donors (Lipinski definition) is 2. The molecule has 1 fully saturated rings. The fourth-order valence-corrected chi connectivity index (χ4v) is 2.73. The highest BCUT2D eigenvalue weighted by Crippen LogP contribution is 2.17. The molecule has 2 heterocycles. The van der Waals surface area contributed by atoms with E-state index in [1.165, 1.54) is 18.9 Å². The summed E-state index contributed by atoms with van der Waals surface area (Å²) in [4.78, 5) is 28.2. The predicted molar refractivity (Wildman–Crippen MR) is 78.8 cm³/mol. The first kappa shape index (κ1) is 14.8. The molecular weight excluding hydrogens is 254 g/mol. The van der Waals surface area contributed by atoms with Crippen LogP contribution < -0.4 is 10.9 Å². The minimum absolute atomic E-state index is 0.215. The molecule has 0 aromatic carbocycles. The maximum atomic E-state index is 12.0. The quantitative estimate of drug-likeness (QED) is 0.850. The number of amides is 1. The number of aromatic nitrogens is 1. The van der Waals surface area contributed by atoms with Crippen molar-refractivity contribution in [2.45, 2.75) is 32.7 Å². The number of carbonyl (C=O) groups is 1. The zero-order valence-corrected chi connectivity index (χ0v) is 12.2. The fourth-order valence-electron chi connectivity index (χ4n) is 2.73. The van der Waals surface area contributed by atoms with E-state index < -0.39 is 0 Å². The van der Waals surface area contributed by atoms with Crippen LogP contribution in [0.3, 0.4) is 0 Å². The smallest absolute Gasteiger partial charge is 0.267 e. The highest BCUT2D eigenvalue weighted by molar-refractivity contribution is 5.92. The Morgan fingerprint density at radius 2 is 2.05 bits per heavy atom. The van der Waals surface area contributed by atoms with Crippen molar-refractivity contribution in [3.63, 3.8) is 0 Å². The number of rotatable bonds is 5. The van der Waals surface area contributed by atoms with Crippen molar-refractivity contribution in [2.75, 3.05) is 19.6 Å². The Kier molecular flexibility index (Phi) is 4.95. The van der Waals surface area contributed by atoms with E-state index in [9.17, 15) is 9.59 Å². The van der Waals surface area contributed by atoms with Crippen LogP contribution in [-0.2, 0) is 0 Å². The van der Waals surface area contributed by atoms with E-state index in [0.717, 1.165) is 13.1 Å². The maximum absolute atomic E-state index is 12.0. The number of nitrogens with zero attached hydrogens (tertiary/aromatic N) is 1. The van der Waals surface area contributed by atoms with Gasteiger partial charge in [0.25, 0.3) is 5.91 Å². The van der Waals surface area contributed by atoms with Gasteiger partial charge in [-0.2, -0.15) is 0 Å². The third kappa shape index (κ3) is 3.70. The fraction of sp³-hybridized carbons (Fsp3) is 0.600. The third-order valence-electron chi connectivity index (χ3n) is 3.86. The normalized spacial score (nSPS) is 17.4. The number of likely N-dealkylation sites (tertiary alicyclic amines) is 1. The van der Waals surface area contributed by atoms with Gasteiger partial charge < -0.3 is 10.3 Å².